The minimum absolute atomic E-state index is 0.136. The molecule has 1 N–H and O–H groups in total. The molecule has 0 unspecified atom stereocenters. The van der Waals surface area contributed by atoms with E-state index < -0.39 is 0 Å². The predicted octanol–water partition coefficient (Wildman–Crippen LogP) is 3.26. The summed E-state index contributed by atoms with van der Waals surface area (Å²) in [5.41, 5.74) is 1.15. The third-order valence-electron chi connectivity index (χ3n) is 4.00. The molecule has 20 heavy (non-hydrogen) atoms. The van der Waals surface area contributed by atoms with Crippen molar-refractivity contribution in [3.05, 3.63) is 28.8 Å². The molecule has 0 aliphatic carbocycles. The number of aliphatic hydroxyl groups excluding tert-OH is 1. The Hall–Kier alpha value is -0.770. The summed E-state index contributed by atoms with van der Waals surface area (Å²) >= 11 is 6.12. The summed E-state index contributed by atoms with van der Waals surface area (Å²) in [6.45, 7) is 6.67. The van der Waals surface area contributed by atoms with Gasteiger partial charge in [0.05, 0.1) is 11.1 Å². The number of likely N-dealkylation sites (tertiary alicyclic amines) is 1. The van der Waals surface area contributed by atoms with E-state index in [1.807, 2.05) is 25.1 Å². The van der Waals surface area contributed by atoms with Crippen LogP contribution in [0.15, 0.2) is 18.2 Å². The number of hydrogen-bond acceptors (Lipinski definition) is 3. The van der Waals surface area contributed by atoms with Gasteiger partial charge in [-0.3, -0.25) is 4.90 Å². The summed E-state index contributed by atoms with van der Waals surface area (Å²) in [5.74, 6) is 0.761. The van der Waals surface area contributed by atoms with E-state index >= 15 is 0 Å². The van der Waals surface area contributed by atoms with Gasteiger partial charge in [-0.25, -0.2) is 0 Å². The normalized spacial score (nSPS) is 23.8. The van der Waals surface area contributed by atoms with Crippen LogP contribution in [-0.2, 0) is 0 Å². The quantitative estimate of drug-likeness (QED) is 0.905. The Morgan fingerprint density at radius 2 is 2.25 bits per heavy atom. The standard InChI is InChI=1S/C16H24ClNO2/c1-3-13-11-14(19)6-7-18(13)8-9-20-16-10-12(2)4-5-15(16)17/h4-5,10,13-14,19H,3,6-9,11H2,1-2H3/t13-,14-/m0/s1. The highest BCUT2D eigenvalue weighted by Crippen LogP contribution is 2.25. The maximum atomic E-state index is 9.72. The van der Waals surface area contributed by atoms with E-state index in [1.165, 1.54) is 0 Å². The number of rotatable bonds is 5. The first-order chi connectivity index (χ1) is 9.60. The molecular formula is C16H24ClNO2. The molecule has 1 aliphatic heterocycles. The molecule has 112 valence electrons. The Bertz CT molecular complexity index is 438. The van der Waals surface area contributed by atoms with E-state index in [0.717, 1.165) is 43.7 Å². The molecule has 0 amide bonds. The summed E-state index contributed by atoms with van der Waals surface area (Å²) in [4.78, 5) is 2.41. The van der Waals surface area contributed by atoms with Crippen LogP contribution < -0.4 is 4.74 Å². The monoisotopic (exact) mass is 297 g/mol. The second kappa shape index (κ2) is 7.30. The molecule has 0 spiro atoms. The fourth-order valence-electron chi connectivity index (χ4n) is 2.79. The fraction of sp³-hybridized carbons (Fsp3) is 0.625. The molecule has 1 saturated heterocycles. The Labute approximate surface area is 126 Å². The lowest BCUT2D eigenvalue weighted by Crippen LogP contribution is -2.45. The molecular weight excluding hydrogens is 274 g/mol. The Morgan fingerprint density at radius 1 is 1.45 bits per heavy atom. The van der Waals surface area contributed by atoms with Crippen molar-refractivity contribution in [2.75, 3.05) is 19.7 Å². The molecule has 0 bridgehead atoms. The smallest absolute Gasteiger partial charge is 0.138 e. The van der Waals surface area contributed by atoms with Crippen LogP contribution in [0.2, 0.25) is 5.02 Å². The Balaban J connectivity index is 1.84. The van der Waals surface area contributed by atoms with E-state index in [9.17, 15) is 5.11 Å². The van der Waals surface area contributed by atoms with Crippen LogP contribution in [0.1, 0.15) is 31.7 Å². The number of piperidine rings is 1. The second-order valence-corrected chi connectivity index (χ2v) is 5.97. The minimum atomic E-state index is -0.136. The van der Waals surface area contributed by atoms with Crippen LogP contribution in [-0.4, -0.2) is 41.8 Å². The van der Waals surface area contributed by atoms with E-state index in [-0.39, 0.29) is 6.10 Å². The average Bonchev–Trinajstić information content (AvgIpc) is 2.44. The summed E-state index contributed by atoms with van der Waals surface area (Å²) in [6.07, 6.45) is 2.68. The number of hydrogen-bond donors (Lipinski definition) is 1. The molecule has 1 fully saturated rings. The van der Waals surface area contributed by atoms with Gasteiger partial charge in [-0.15, -0.1) is 0 Å². The number of halogens is 1. The highest BCUT2D eigenvalue weighted by atomic mass is 35.5. The van der Waals surface area contributed by atoms with Gasteiger partial charge in [0.25, 0.3) is 0 Å². The zero-order chi connectivity index (χ0) is 14.5. The van der Waals surface area contributed by atoms with Gasteiger partial charge in [0, 0.05) is 19.1 Å². The highest BCUT2D eigenvalue weighted by Gasteiger charge is 2.25. The second-order valence-electron chi connectivity index (χ2n) is 5.56. The van der Waals surface area contributed by atoms with Crippen molar-refractivity contribution in [2.45, 2.75) is 45.3 Å². The van der Waals surface area contributed by atoms with Gasteiger partial charge >= 0.3 is 0 Å². The lowest BCUT2D eigenvalue weighted by Gasteiger charge is -2.37. The molecule has 1 aromatic carbocycles. The first-order valence-corrected chi connectivity index (χ1v) is 7.79. The third-order valence-corrected chi connectivity index (χ3v) is 4.32. The van der Waals surface area contributed by atoms with E-state index in [4.69, 9.17) is 16.3 Å². The lowest BCUT2D eigenvalue weighted by molar-refractivity contribution is 0.0333. The van der Waals surface area contributed by atoms with Crippen LogP contribution in [0.4, 0.5) is 0 Å². The zero-order valence-corrected chi connectivity index (χ0v) is 13.1. The molecule has 4 heteroatoms. The molecule has 0 radical (unpaired) electrons. The van der Waals surface area contributed by atoms with E-state index in [0.29, 0.717) is 17.7 Å². The lowest BCUT2D eigenvalue weighted by atomic mass is 9.98. The fourth-order valence-corrected chi connectivity index (χ4v) is 2.96. The Morgan fingerprint density at radius 3 is 3.00 bits per heavy atom. The molecule has 0 aromatic heterocycles. The van der Waals surface area contributed by atoms with Crippen molar-refractivity contribution in [3.8, 4) is 5.75 Å². The molecule has 3 nitrogen and oxygen atoms in total. The van der Waals surface area contributed by atoms with Gasteiger partial charge in [0.2, 0.25) is 0 Å². The Kier molecular flexibility index (Phi) is 5.70. The molecule has 2 rings (SSSR count). The van der Waals surface area contributed by atoms with Crippen molar-refractivity contribution in [1.29, 1.82) is 0 Å². The molecule has 1 aromatic rings. The van der Waals surface area contributed by atoms with Crippen LogP contribution in [0, 0.1) is 6.92 Å². The summed E-state index contributed by atoms with van der Waals surface area (Å²) in [5, 5.41) is 10.4. The zero-order valence-electron chi connectivity index (χ0n) is 12.3. The molecule has 1 aliphatic rings. The maximum Gasteiger partial charge on any atom is 0.138 e. The maximum absolute atomic E-state index is 9.72. The molecule has 1 heterocycles. The van der Waals surface area contributed by atoms with Crippen molar-refractivity contribution < 1.29 is 9.84 Å². The number of benzene rings is 1. The van der Waals surface area contributed by atoms with Gasteiger partial charge in [-0.1, -0.05) is 24.6 Å². The largest absolute Gasteiger partial charge is 0.491 e. The number of aryl methyl sites for hydroxylation is 1. The topological polar surface area (TPSA) is 32.7 Å². The SMILES string of the molecule is CC[C@H]1C[C@@H](O)CCN1CCOc1cc(C)ccc1Cl. The average molecular weight is 298 g/mol. The van der Waals surface area contributed by atoms with Crippen molar-refractivity contribution in [3.63, 3.8) is 0 Å². The molecule has 0 saturated carbocycles. The van der Waals surface area contributed by atoms with Gasteiger partial charge in [0.1, 0.15) is 12.4 Å². The van der Waals surface area contributed by atoms with Gasteiger partial charge in [0.15, 0.2) is 0 Å². The van der Waals surface area contributed by atoms with Crippen molar-refractivity contribution >= 4 is 11.6 Å². The number of ether oxygens (including phenoxy) is 1. The van der Waals surface area contributed by atoms with Crippen LogP contribution in [0.25, 0.3) is 0 Å². The summed E-state index contributed by atoms with van der Waals surface area (Å²) in [6, 6.07) is 6.29. The van der Waals surface area contributed by atoms with Crippen molar-refractivity contribution in [2.24, 2.45) is 0 Å². The number of nitrogens with zero attached hydrogens (tertiary/aromatic N) is 1. The number of aliphatic hydroxyl groups is 1. The minimum Gasteiger partial charge on any atom is -0.491 e. The highest BCUT2D eigenvalue weighted by molar-refractivity contribution is 6.32. The van der Waals surface area contributed by atoms with Gasteiger partial charge < -0.3 is 9.84 Å². The van der Waals surface area contributed by atoms with E-state index in [1.54, 1.807) is 0 Å². The van der Waals surface area contributed by atoms with Crippen LogP contribution >= 0.6 is 11.6 Å². The third kappa shape index (κ3) is 4.11. The van der Waals surface area contributed by atoms with Gasteiger partial charge in [-0.2, -0.15) is 0 Å². The first kappa shape index (κ1) is 15.6. The van der Waals surface area contributed by atoms with Crippen LogP contribution in [0.3, 0.4) is 0 Å². The first-order valence-electron chi connectivity index (χ1n) is 7.41. The predicted molar refractivity (Wildman–Crippen MR) is 82.6 cm³/mol. The summed E-state index contributed by atoms with van der Waals surface area (Å²) in [7, 11) is 0. The van der Waals surface area contributed by atoms with Crippen molar-refractivity contribution in [1.82, 2.24) is 4.90 Å². The van der Waals surface area contributed by atoms with Crippen LogP contribution in [0.5, 0.6) is 5.75 Å². The molecule has 2 atom stereocenters. The summed E-state index contributed by atoms with van der Waals surface area (Å²) < 4.78 is 5.80. The van der Waals surface area contributed by atoms with E-state index in [2.05, 4.69) is 11.8 Å². The van der Waals surface area contributed by atoms with Gasteiger partial charge in [-0.05, 0) is 43.9 Å².